The maximum atomic E-state index is 12.8. The van der Waals surface area contributed by atoms with Gasteiger partial charge in [-0.2, -0.15) is 0 Å². The lowest BCUT2D eigenvalue weighted by molar-refractivity contribution is -0.138. The number of likely N-dealkylation sites (tertiary alicyclic amines) is 2. The summed E-state index contributed by atoms with van der Waals surface area (Å²) in [5.74, 6) is 2.07. The highest BCUT2D eigenvalue weighted by molar-refractivity contribution is 5.79. The lowest BCUT2D eigenvalue weighted by Gasteiger charge is -2.35. The molecule has 3 aliphatic rings. The van der Waals surface area contributed by atoms with Crippen molar-refractivity contribution in [2.24, 2.45) is 5.92 Å². The van der Waals surface area contributed by atoms with Gasteiger partial charge in [-0.05, 0) is 45.1 Å². The Balaban J connectivity index is 1.32. The second-order valence-electron chi connectivity index (χ2n) is 7.55. The summed E-state index contributed by atoms with van der Waals surface area (Å²) in [5.41, 5.74) is 0. The van der Waals surface area contributed by atoms with Gasteiger partial charge in [0.25, 0.3) is 0 Å². The molecule has 4 rings (SSSR count). The first kappa shape index (κ1) is 17.0. The Kier molecular flexibility index (Phi) is 5.31. The Labute approximate surface area is 148 Å². The average molecular weight is 348 g/mol. The van der Waals surface area contributed by atoms with Gasteiger partial charge < -0.3 is 14.1 Å². The Bertz CT molecular complexity index is 579. The predicted octanol–water partition coefficient (Wildman–Crippen LogP) is 1.80. The zero-order valence-electron chi connectivity index (χ0n) is 14.9. The minimum atomic E-state index is 0.123. The van der Waals surface area contributed by atoms with Crippen LogP contribution in [0.4, 0.5) is 0 Å². The van der Waals surface area contributed by atoms with Crippen molar-refractivity contribution in [3.05, 3.63) is 11.8 Å². The van der Waals surface area contributed by atoms with E-state index in [0.29, 0.717) is 30.8 Å². The summed E-state index contributed by atoms with van der Waals surface area (Å²) in [6.45, 7) is 5.77. The number of carbonyl (C=O) groups excluding carboxylic acids is 1. The molecule has 2 atom stereocenters. The molecule has 0 spiro atoms. The van der Waals surface area contributed by atoms with Gasteiger partial charge in [0.1, 0.15) is 0 Å². The van der Waals surface area contributed by atoms with Crippen LogP contribution in [-0.4, -0.2) is 65.3 Å². The number of aromatic nitrogens is 2. The zero-order valence-corrected chi connectivity index (χ0v) is 14.9. The van der Waals surface area contributed by atoms with Crippen LogP contribution in [0.2, 0.25) is 0 Å². The molecule has 25 heavy (non-hydrogen) atoms. The largest absolute Gasteiger partial charge is 0.423 e. The van der Waals surface area contributed by atoms with E-state index in [4.69, 9.17) is 9.15 Å². The van der Waals surface area contributed by atoms with Gasteiger partial charge in [-0.1, -0.05) is 0 Å². The first-order chi connectivity index (χ1) is 12.3. The highest BCUT2D eigenvalue weighted by atomic mass is 16.5. The fourth-order valence-corrected chi connectivity index (χ4v) is 4.19. The number of ether oxygens (including phenoxy) is 1. The molecule has 0 N–H and O–H groups in total. The van der Waals surface area contributed by atoms with Crippen LogP contribution in [0.15, 0.2) is 4.42 Å². The smallest absolute Gasteiger partial charge is 0.230 e. The highest BCUT2D eigenvalue weighted by Crippen LogP contribution is 2.25. The monoisotopic (exact) mass is 348 g/mol. The van der Waals surface area contributed by atoms with E-state index in [2.05, 4.69) is 20.0 Å². The molecule has 0 radical (unpaired) electrons. The van der Waals surface area contributed by atoms with Crippen LogP contribution in [0, 0.1) is 5.92 Å². The molecule has 1 amide bonds. The molecule has 0 bridgehead atoms. The third kappa shape index (κ3) is 4.03. The Hall–Kier alpha value is -1.47. The molecule has 4 heterocycles. The quantitative estimate of drug-likeness (QED) is 0.826. The summed E-state index contributed by atoms with van der Waals surface area (Å²) in [5, 5.41) is 8.40. The highest BCUT2D eigenvalue weighted by Gasteiger charge is 2.31. The van der Waals surface area contributed by atoms with Crippen LogP contribution in [0.25, 0.3) is 0 Å². The van der Waals surface area contributed by atoms with Crippen molar-refractivity contribution in [3.8, 4) is 0 Å². The van der Waals surface area contributed by atoms with Crippen molar-refractivity contribution in [1.82, 2.24) is 20.0 Å². The van der Waals surface area contributed by atoms with Crippen LogP contribution in [-0.2, 0) is 16.1 Å². The second kappa shape index (κ2) is 7.83. The van der Waals surface area contributed by atoms with Crippen molar-refractivity contribution in [1.29, 1.82) is 0 Å². The van der Waals surface area contributed by atoms with Crippen molar-refractivity contribution in [3.63, 3.8) is 0 Å². The number of hydrogen-bond donors (Lipinski definition) is 0. The van der Waals surface area contributed by atoms with Gasteiger partial charge in [-0.25, -0.2) is 0 Å². The van der Waals surface area contributed by atoms with Crippen LogP contribution < -0.4 is 0 Å². The van der Waals surface area contributed by atoms with E-state index < -0.39 is 0 Å². The Morgan fingerprint density at radius 2 is 1.96 bits per heavy atom. The lowest BCUT2D eigenvalue weighted by Crippen LogP contribution is -2.46. The maximum absolute atomic E-state index is 12.8. The minimum absolute atomic E-state index is 0.123. The summed E-state index contributed by atoms with van der Waals surface area (Å²) < 4.78 is 11.2. The fraction of sp³-hybridized carbons (Fsp3) is 0.833. The molecule has 2 unspecified atom stereocenters. The molecule has 138 valence electrons. The van der Waals surface area contributed by atoms with E-state index in [1.165, 1.54) is 6.42 Å². The molecule has 3 saturated heterocycles. The summed E-state index contributed by atoms with van der Waals surface area (Å²) in [7, 11) is 0. The van der Waals surface area contributed by atoms with Crippen molar-refractivity contribution < 1.29 is 13.9 Å². The van der Waals surface area contributed by atoms with Crippen molar-refractivity contribution >= 4 is 5.91 Å². The zero-order chi connectivity index (χ0) is 17.1. The predicted molar refractivity (Wildman–Crippen MR) is 90.9 cm³/mol. The standard InChI is InChI=1S/C18H28N4O3/c23-18(22-8-2-1-3-9-22)14-5-4-7-21(11-14)12-16-19-20-17(25-16)15-6-10-24-13-15/h14-15H,1-13H2. The number of rotatable bonds is 4. The van der Waals surface area contributed by atoms with Gasteiger partial charge >= 0.3 is 0 Å². The summed E-state index contributed by atoms with van der Waals surface area (Å²) in [6.07, 6.45) is 6.57. The topological polar surface area (TPSA) is 71.7 Å². The third-order valence-electron chi connectivity index (χ3n) is 5.64. The van der Waals surface area contributed by atoms with Crippen LogP contribution >= 0.6 is 0 Å². The van der Waals surface area contributed by atoms with E-state index in [1.54, 1.807) is 0 Å². The van der Waals surface area contributed by atoms with E-state index in [9.17, 15) is 4.79 Å². The molecule has 3 fully saturated rings. The van der Waals surface area contributed by atoms with E-state index in [0.717, 1.165) is 64.9 Å². The van der Waals surface area contributed by atoms with Crippen molar-refractivity contribution in [2.45, 2.75) is 51.0 Å². The number of amides is 1. The molecule has 0 aliphatic carbocycles. The van der Waals surface area contributed by atoms with Crippen LogP contribution in [0.5, 0.6) is 0 Å². The van der Waals surface area contributed by atoms with Gasteiger partial charge in [-0.15, -0.1) is 10.2 Å². The first-order valence-electron chi connectivity index (χ1n) is 9.71. The Morgan fingerprint density at radius 1 is 1.08 bits per heavy atom. The normalized spacial score (nSPS) is 28.4. The number of piperidine rings is 2. The number of carbonyl (C=O) groups is 1. The average Bonchev–Trinajstić information content (AvgIpc) is 3.34. The molecule has 7 heteroatoms. The van der Waals surface area contributed by atoms with Gasteiger partial charge in [0.2, 0.25) is 17.7 Å². The van der Waals surface area contributed by atoms with Gasteiger partial charge in [0.05, 0.1) is 25.0 Å². The number of nitrogens with zero attached hydrogens (tertiary/aromatic N) is 4. The van der Waals surface area contributed by atoms with Gasteiger partial charge in [0, 0.05) is 26.2 Å². The minimum Gasteiger partial charge on any atom is -0.423 e. The van der Waals surface area contributed by atoms with E-state index >= 15 is 0 Å². The molecule has 1 aromatic rings. The van der Waals surface area contributed by atoms with Crippen LogP contribution in [0.3, 0.4) is 0 Å². The van der Waals surface area contributed by atoms with E-state index in [-0.39, 0.29) is 11.8 Å². The van der Waals surface area contributed by atoms with Gasteiger partial charge in [-0.3, -0.25) is 9.69 Å². The first-order valence-corrected chi connectivity index (χ1v) is 9.71. The molecule has 0 saturated carbocycles. The summed E-state index contributed by atoms with van der Waals surface area (Å²) in [4.78, 5) is 17.1. The molecule has 7 nitrogen and oxygen atoms in total. The lowest BCUT2D eigenvalue weighted by atomic mass is 9.95. The number of hydrogen-bond acceptors (Lipinski definition) is 6. The molecular formula is C18H28N4O3. The van der Waals surface area contributed by atoms with E-state index in [1.807, 2.05) is 0 Å². The SMILES string of the molecule is O=C(C1CCCN(Cc2nnc(C3CCOC3)o2)C1)N1CCCCC1. The summed E-state index contributed by atoms with van der Waals surface area (Å²) >= 11 is 0. The van der Waals surface area contributed by atoms with Crippen LogP contribution in [0.1, 0.15) is 56.2 Å². The molecule has 3 aliphatic heterocycles. The fourth-order valence-electron chi connectivity index (χ4n) is 4.19. The third-order valence-corrected chi connectivity index (χ3v) is 5.64. The summed E-state index contributed by atoms with van der Waals surface area (Å²) in [6, 6.07) is 0. The molecular weight excluding hydrogens is 320 g/mol. The molecule has 0 aromatic carbocycles. The second-order valence-corrected chi connectivity index (χ2v) is 7.55. The van der Waals surface area contributed by atoms with Crippen molar-refractivity contribution in [2.75, 3.05) is 39.4 Å². The maximum Gasteiger partial charge on any atom is 0.230 e. The van der Waals surface area contributed by atoms with Gasteiger partial charge in [0.15, 0.2) is 0 Å². The molecule has 1 aromatic heterocycles. The Morgan fingerprint density at radius 3 is 2.76 bits per heavy atom.